The molecule has 22 heavy (non-hydrogen) atoms. The third kappa shape index (κ3) is 7.95. The van der Waals surface area contributed by atoms with Crippen molar-refractivity contribution in [3.63, 3.8) is 0 Å². The minimum atomic E-state index is -0.649. The molecule has 1 heterocycles. The molecule has 1 fully saturated rings. The van der Waals surface area contributed by atoms with Crippen LogP contribution in [0.4, 0.5) is 9.59 Å². The fourth-order valence-electron chi connectivity index (χ4n) is 0.977. The van der Waals surface area contributed by atoms with Crippen LogP contribution in [0.15, 0.2) is 0 Å². The van der Waals surface area contributed by atoms with Crippen LogP contribution >= 0.6 is 61.3 Å². The lowest BCUT2D eigenvalue weighted by Gasteiger charge is -2.33. The summed E-state index contributed by atoms with van der Waals surface area (Å²) in [7, 11) is 7.98. The van der Waals surface area contributed by atoms with E-state index < -0.39 is 23.4 Å². The number of carbonyl (C=O) groups excluding carboxylic acids is 2. The topological polar surface area (TPSA) is 59.1 Å². The van der Waals surface area contributed by atoms with Crippen LogP contribution in [0, 0.1) is 0 Å². The Bertz CT molecular complexity index is 373. The zero-order chi connectivity index (χ0) is 17.0. The van der Waals surface area contributed by atoms with E-state index in [-0.39, 0.29) is 0 Å². The van der Waals surface area contributed by atoms with E-state index in [4.69, 9.17) is 9.47 Å². The second-order valence-corrected chi connectivity index (χ2v) is 14.9. The zero-order valence-electron chi connectivity index (χ0n) is 13.0. The minimum absolute atomic E-state index is 0.614. The molecule has 0 N–H and O–H groups in total. The van der Waals surface area contributed by atoms with Crippen molar-refractivity contribution in [1.82, 2.24) is 8.83 Å². The standard InChI is InChI=1S/C10H18N2O4S6/c1-9(2,3)15-7(13)11-12(8(14)16-10(4,5)6)18-20-22-21-19-17-11/h1-6H3. The highest BCUT2D eigenvalue weighted by molar-refractivity contribution is 9.41. The molecule has 0 aliphatic carbocycles. The molecule has 0 atom stereocenters. The molecule has 0 aromatic heterocycles. The predicted octanol–water partition coefficient (Wildman–Crippen LogP) is 6.19. The average Bonchev–Trinajstić information content (AvgIpc) is 2.22. The van der Waals surface area contributed by atoms with Crippen molar-refractivity contribution >= 4 is 73.4 Å². The van der Waals surface area contributed by atoms with Gasteiger partial charge < -0.3 is 9.47 Å². The molecule has 0 radical (unpaired) electrons. The van der Waals surface area contributed by atoms with Crippen LogP contribution in [0.3, 0.4) is 0 Å². The van der Waals surface area contributed by atoms with Gasteiger partial charge >= 0.3 is 12.2 Å². The van der Waals surface area contributed by atoms with Crippen molar-refractivity contribution in [1.29, 1.82) is 0 Å². The monoisotopic (exact) mass is 422 g/mol. The molecule has 1 rings (SSSR count). The van der Waals surface area contributed by atoms with Gasteiger partial charge in [-0.05, 0) is 41.5 Å². The van der Waals surface area contributed by atoms with Gasteiger partial charge in [-0.2, -0.15) is 0 Å². The molecule has 0 saturated carbocycles. The summed E-state index contributed by atoms with van der Waals surface area (Å²) in [6, 6.07) is 0. The molecule has 0 aromatic carbocycles. The van der Waals surface area contributed by atoms with E-state index in [1.807, 2.05) is 0 Å². The number of carbonyl (C=O) groups is 2. The van der Waals surface area contributed by atoms with Crippen molar-refractivity contribution in [2.75, 3.05) is 0 Å². The van der Waals surface area contributed by atoms with E-state index in [0.29, 0.717) is 0 Å². The normalized spacial score (nSPS) is 17.5. The zero-order valence-corrected chi connectivity index (χ0v) is 17.9. The van der Waals surface area contributed by atoms with Crippen LogP contribution < -0.4 is 0 Å². The van der Waals surface area contributed by atoms with Crippen molar-refractivity contribution in [3.8, 4) is 0 Å². The Labute approximate surface area is 153 Å². The molecule has 0 unspecified atom stereocenters. The van der Waals surface area contributed by atoms with Gasteiger partial charge in [0.05, 0.1) is 22.0 Å². The Morgan fingerprint density at radius 2 is 1.00 bits per heavy atom. The van der Waals surface area contributed by atoms with E-state index in [1.54, 1.807) is 41.5 Å². The number of amides is 2. The summed E-state index contributed by atoms with van der Waals surface area (Å²) in [6.45, 7) is 10.6. The van der Waals surface area contributed by atoms with Gasteiger partial charge in [-0.3, -0.25) is 0 Å². The molecule has 128 valence electrons. The summed E-state index contributed by atoms with van der Waals surface area (Å²) in [6.07, 6.45) is -1.23. The van der Waals surface area contributed by atoms with Gasteiger partial charge in [-0.25, -0.2) is 9.59 Å². The van der Waals surface area contributed by atoms with Crippen LogP contribution in [-0.2, 0) is 9.47 Å². The Kier molecular flexibility index (Phi) is 8.14. The molecule has 0 bridgehead atoms. The molecule has 1 aliphatic rings. The maximum Gasteiger partial charge on any atom is 0.441 e. The average molecular weight is 423 g/mol. The van der Waals surface area contributed by atoms with E-state index in [0.717, 1.165) is 22.0 Å². The van der Waals surface area contributed by atoms with Gasteiger partial charge in [-0.1, -0.05) is 0 Å². The predicted molar refractivity (Wildman–Crippen MR) is 102 cm³/mol. The maximum atomic E-state index is 12.3. The van der Waals surface area contributed by atoms with Crippen LogP contribution in [0.5, 0.6) is 0 Å². The number of hydrogen-bond donors (Lipinski definition) is 0. The second-order valence-electron chi connectivity index (χ2n) is 5.93. The van der Waals surface area contributed by atoms with Gasteiger partial charge in [0.15, 0.2) is 0 Å². The van der Waals surface area contributed by atoms with E-state index in [2.05, 4.69) is 0 Å². The molecule has 1 saturated heterocycles. The first kappa shape index (κ1) is 20.7. The van der Waals surface area contributed by atoms with Gasteiger partial charge in [0, 0.05) is 39.3 Å². The summed E-state index contributed by atoms with van der Waals surface area (Å²) in [5.41, 5.74) is -1.30. The molecule has 2 amide bonds. The largest absolute Gasteiger partial charge is 0.442 e. The van der Waals surface area contributed by atoms with Crippen LogP contribution in [0.1, 0.15) is 41.5 Å². The molecular formula is C10H18N2O4S6. The van der Waals surface area contributed by atoms with Crippen molar-refractivity contribution < 1.29 is 19.1 Å². The molecule has 12 heteroatoms. The summed E-state index contributed by atoms with van der Waals surface area (Å²) < 4.78 is 13.0. The van der Waals surface area contributed by atoms with Gasteiger partial charge in [0.1, 0.15) is 11.2 Å². The van der Waals surface area contributed by atoms with Crippen molar-refractivity contribution in [2.24, 2.45) is 0 Å². The lowest BCUT2D eigenvalue weighted by atomic mass is 10.2. The Morgan fingerprint density at radius 3 is 1.27 bits per heavy atom. The van der Waals surface area contributed by atoms with E-state index in [1.165, 1.54) is 48.1 Å². The van der Waals surface area contributed by atoms with Crippen LogP contribution in [-0.4, -0.2) is 32.2 Å². The summed E-state index contributed by atoms with van der Waals surface area (Å²) in [5.74, 6) is 0. The first-order valence-electron chi connectivity index (χ1n) is 6.07. The van der Waals surface area contributed by atoms with Gasteiger partial charge in [0.25, 0.3) is 0 Å². The third-order valence-electron chi connectivity index (χ3n) is 1.55. The quantitative estimate of drug-likeness (QED) is 0.333. The third-order valence-corrected chi connectivity index (χ3v) is 11.7. The highest BCUT2D eigenvalue weighted by Gasteiger charge is 2.36. The molecule has 1 aliphatic heterocycles. The molecular weight excluding hydrogens is 405 g/mol. The van der Waals surface area contributed by atoms with Gasteiger partial charge in [0.2, 0.25) is 0 Å². The first-order chi connectivity index (χ1) is 9.99. The second kappa shape index (κ2) is 8.65. The van der Waals surface area contributed by atoms with Gasteiger partial charge in [-0.15, -0.1) is 8.83 Å². The number of hydrogen-bond acceptors (Lipinski definition) is 10. The van der Waals surface area contributed by atoms with Crippen LogP contribution in [0.2, 0.25) is 0 Å². The molecule has 0 aromatic rings. The summed E-state index contributed by atoms with van der Waals surface area (Å²) >= 11 is 0. The van der Waals surface area contributed by atoms with Crippen molar-refractivity contribution in [3.05, 3.63) is 0 Å². The Morgan fingerprint density at radius 1 is 0.682 bits per heavy atom. The molecule has 6 nitrogen and oxygen atoms in total. The Balaban J connectivity index is 2.89. The summed E-state index contributed by atoms with van der Waals surface area (Å²) in [5, 5.41) is 0. The Hall–Kier alpha value is 0.640. The maximum absolute atomic E-state index is 12.3. The van der Waals surface area contributed by atoms with Crippen LogP contribution in [0.25, 0.3) is 0 Å². The number of rotatable bonds is 0. The molecule has 0 spiro atoms. The number of nitrogens with zero attached hydrogens (tertiary/aromatic N) is 2. The summed E-state index contributed by atoms with van der Waals surface area (Å²) in [4.78, 5) is 24.7. The SMILES string of the molecule is CC(C)(C)OC(=O)N1SSSSSSN1C(=O)OC(C)(C)C. The van der Waals surface area contributed by atoms with E-state index in [9.17, 15) is 9.59 Å². The van der Waals surface area contributed by atoms with E-state index >= 15 is 0 Å². The fourth-order valence-corrected chi connectivity index (χ4v) is 11.6. The first-order valence-corrected chi connectivity index (χ1v) is 13.5. The van der Waals surface area contributed by atoms with Crippen molar-refractivity contribution in [2.45, 2.75) is 52.7 Å². The number of ether oxygens (including phenoxy) is 2. The fraction of sp³-hybridized carbons (Fsp3) is 0.800. The lowest BCUT2D eigenvalue weighted by Crippen LogP contribution is -2.45. The minimum Gasteiger partial charge on any atom is -0.442 e. The highest BCUT2D eigenvalue weighted by Crippen LogP contribution is 2.57. The smallest absolute Gasteiger partial charge is 0.441 e. The number of hydrazine groups is 1. The lowest BCUT2D eigenvalue weighted by molar-refractivity contribution is 0.000104. The highest BCUT2D eigenvalue weighted by atomic mass is 33.9.